The van der Waals surface area contributed by atoms with Gasteiger partial charge in [0.2, 0.25) is 0 Å². The maximum absolute atomic E-state index is 12.2. The number of nitrogens with one attached hydrogen (secondary N) is 1. The van der Waals surface area contributed by atoms with E-state index in [1.165, 1.54) is 6.20 Å². The summed E-state index contributed by atoms with van der Waals surface area (Å²) in [6.07, 6.45) is 1.47. The summed E-state index contributed by atoms with van der Waals surface area (Å²) in [5.74, 6) is -0.261. The van der Waals surface area contributed by atoms with E-state index in [1.54, 1.807) is 4.90 Å². The summed E-state index contributed by atoms with van der Waals surface area (Å²) in [6, 6.07) is 7.72. The SMILES string of the molecule is Cc1cc(Br)ccc1N/C=C(/C#N)C(=O)N1CCOCC1. The number of carbonyl (C=O) groups is 1. The van der Waals surface area contributed by atoms with Crippen LogP contribution in [0, 0.1) is 18.3 Å². The molecule has 110 valence electrons. The molecule has 1 N–H and O–H groups in total. The average molecular weight is 350 g/mol. The first kappa shape index (κ1) is 15.5. The molecule has 1 aliphatic rings. The Kier molecular flexibility index (Phi) is 5.37. The second kappa shape index (κ2) is 7.25. The Balaban J connectivity index is 2.09. The van der Waals surface area contributed by atoms with E-state index in [2.05, 4.69) is 21.2 Å². The molecule has 1 heterocycles. The Hall–Kier alpha value is -1.84. The normalized spacial score (nSPS) is 15.5. The fourth-order valence-corrected chi connectivity index (χ4v) is 2.49. The first-order valence-corrected chi connectivity index (χ1v) is 7.41. The number of hydrogen-bond donors (Lipinski definition) is 1. The van der Waals surface area contributed by atoms with Gasteiger partial charge in [-0.2, -0.15) is 5.26 Å². The Morgan fingerprint density at radius 3 is 2.81 bits per heavy atom. The number of nitrogens with zero attached hydrogens (tertiary/aromatic N) is 2. The summed E-state index contributed by atoms with van der Waals surface area (Å²) >= 11 is 3.40. The van der Waals surface area contributed by atoms with Gasteiger partial charge in [-0.1, -0.05) is 15.9 Å². The lowest BCUT2D eigenvalue weighted by Crippen LogP contribution is -2.41. The van der Waals surface area contributed by atoms with Crippen molar-refractivity contribution in [3.8, 4) is 6.07 Å². The minimum absolute atomic E-state index is 0.0965. The predicted molar refractivity (Wildman–Crippen MR) is 83.6 cm³/mol. The van der Waals surface area contributed by atoms with Gasteiger partial charge in [0.15, 0.2) is 0 Å². The first-order valence-electron chi connectivity index (χ1n) is 6.62. The van der Waals surface area contributed by atoms with E-state index in [9.17, 15) is 10.1 Å². The third-order valence-electron chi connectivity index (χ3n) is 3.21. The molecule has 1 amide bonds. The molecule has 1 aromatic rings. The highest BCUT2D eigenvalue weighted by Crippen LogP contribution is 2.20. The first-order chi connectivity index (χ1) is 10.1. The van der Waals surface area contributed by atoms with Crippen LogP contribution < -0.4 is 5.32 Å². The second-order valence-electron chi connectivity index (χ2n) is 4.68. The average Bonchev–Trinajstić information content (AvgIpc) is 2.50. The zero-order chi connectivity index (χ0) is 15.2. The van der Waals surface area contributed by atoms with Crippen LogP contribution in [-0.2, 0) is 9.53 Å². The van der Waals surface area contributed by atoms with Crippen molar-refractivity contribution in [2.24, 2.45) is 0 Å². The van der Waals surface area contributed by atoms with E-state index in [-0.39, 0.29) is 11.5 Å². The van der Waals surface area contributed by atoms with Crippen LogP contribution >= 0.6 is 15.9 Å². The van der Waals surface area contributed by atoms with Gasteiger partial charge in [-0.05, 0) is 30.7 Å². The monoisotopic (exact) mass is 349 g/mol. The van der Waals surface area contributed by atoms with Crippen LogP contribution in [0.3, 0.4) is 0 Å². The largest absolute Gasteiger partial charge is 0.378 e. The van der Waals surface area contributed by atoms with Gasteiger partial charge in [-0.25, -0.2) is 0 Å². The van der Waals surface area contributed by atoms with Gasteiger partial charge in [-0.15, -0.1) is 0 Å². The number of benzene rings is 1. The van der Waals surface area contributed by atoms with Gasteiger partial charge in [-0.3, -0.25) is 4.79 Å². The summed E-state index contributed by atoms with van der Waals surface area (Å²) < 4.78 is 6.19. The van der Waals surface area contributed by atoms with Gasteiger partial charge < -0.3 is 15.0 Å². The molecular weight excluding hydrogens is 334 g/mol. The van der Waals surface area contributed by atoms with Crippen molar-refractivity contribution in [2.75, 3.05) is 31.6 Å². The minimum Gasteiger partial charge on any atom is -0.378 e. The molecule has 0 aliphatic carbocycles. The second-order valence-corrected chi connectivity index (χ2v) is 5.59. The van der Waals surface area contributed by atoms with Crippen LogP contribution in [0.25, 0.3) is 0 Å². The van der Waals surface area contributed by atoms with Crippen LogP contribution in [0.4, 0.5) is 5.69 Å². The van der Waals surface area contributed by atoms with Gasteiger partial charge >= 0.3 is 0 Å². The maximum atomic E-state index is 12.2. The van der Waals surface area contributed by atoms with Crippen LogP contribution in [0.5, 0.6) is 0 Å². The van der Waals surface area contributed by atoms with Crippen molar-refractivity contribution in [3.63, 3.8) is 0 Å². The molecule has 0 atom stereocenters. The summed E-state index contributed by atoms with van der Waals surface area (Å²) in [6.45, 7) is 4.04. The molecule has 1 fully saturated rings. The quantitative estimate of drug-likeness (QED) is 0.672. The zero-order valence-electron chi connectivity index (χ0n) is 11.7. The molecule has 1 saturated heterocycles. The number of rotatable bonds is 3. The fraction of sp³-hybridized carbons (Fsp3) is 0.333. The van der Waals surface area contributed by atoms with E-state index < -0.39 is 0 Å². The lowest BCUT2D eigenvalue weighted by molar-refractivity contribution is -0.130. The van der Waals surface area contributed by atoms with Crippen LogP contribution in [-0.4, -0.2) is 37.1 Å². The van der Waals surface area contributed by atoms with Crippen molar-refractivity contribution < 1.29 is 9.53 Å². The molecule has 1 aliphatic heterocycles. The molecule has 0 radical (unpaired) electrons. The number of hydrogen-bond acceptors (Lipinski definition) is 4. The highest BCUT2D eigenvalue weighted by atomic mass is 79.9. The fourth-order valence-electron chi connectivity index (χ4n) is 2.02. The number of anilines is 1. The number of carbonyl (C=O) groups excluding carboxylic acids is 1. The number of halogens is 1. The number of ether oxygens (including phenoxy) is 1. The number of amides is 1. The molecule has 21 heavy (non-hydrogen) atoms. The molecule has 0 spiro atoms. The predicted octanol–water partition coefficient (Wildman–Crippen LogP) is 2.44. The topological polar surface area (TPSA) is 65.4 Å². The van der Waals surface area contributed by atoms with E-state index in [0.29, 0.717) is 26.3 Å². The lowest BCUT2D eigenvalue weighted by Gasteiger charge is -2.26. The number of nitriles is 1. The Morgan fingerprint density at radius 1 is 1.48 bits per heavy atom. The lowest BCUT2D eigenvalue weighted by atomic mass is 10.2. The zero-order valence-corrected chi connectivity index (χ0v) is 13.3. The summed E-state index contributed by atoms with van der Waals surface area (Å²) in [5, 5.41) is 12.2. The van der Waals surface area contributed by atoms with Crippen molar-refractivity contribution in [1.29, 1.82) is 5.26 Å². The molecule has 2 rings (SSSR count). The third kappa shape index (κ3) is 4.06. The van der Waals surface area contributed by atoms with Gasteiger partial charge in [0, 0.05) is 29.4 Å². The summed E-state index contributed by atoms with van der Waals surface area (Å²) in [4.78, 5) is 13.9. The van der Waals surface area contributed by atoms with Crippen molar-refractivity contribution in [1.82, 2.24) is 4.90 Å². The smallest absolute Gasteiger partial charge is 0.266 e. The van der Waals surface area contributed by atoms with Gasteiger partial charge in [0.1, 0.15) is 11.6 Å². The van der Waals surface area contributed by atoms with E-state index in [0.717, 1.165) is 15.7 Å². The van der Waals surface area contributed by atoms with Crippen molar-refractivity contribution >= 4 is 27.5 Å². The molecule has 1 aromatic carbocycles. The Labute approximate surface area is 132 Å². The molecule has 6 heteroatoms. The Morgan fingerprint density at radius 2 is 2.19 bits per heavy atom. The molecule has 0 saturated carbocycles. The molecular formula is C15H16BrN3O2. The third-order valence-corrected chi connectivity index (χ3v) is 3.70. The number of morpholine rings is 1. The highest BCUT2D eigenvalue weighted by Gasteiger charge is 2.20. The molecule has 0 bridgehead atoms. The van der Waals surface area contributed by atoms with Crippen molar-refractivity contribution in [3.05, 3.63) is 40.0 Å². The highest BCUT2D eigenvalue weighted by molar-refractivity contribution is 9.10. The van der Waals surface area contributed by atoms with Crippen LogP contribution in [0.1, 0.15) is 5.56 Å². The maximum Gasteiger partial charge on any atom is 0.266 e. The number of aryl methyl sites for hydroxylation is 1. The van der Waals surface area contributed by atoms with Crippen LogP contribution in [0.15, 0.2) is 34.4 Å². The van der Waals surface area contributed by atoms with Gasteiger partial charge in [0.05, 0.1) is 13.2 Å². The molecule has 0 aromatic heterocycles. The summed E-state index contributed by atoms with van der Waals surface area (Å²) in [5.41, 5.74) is 1.98. The van der Waals surface area contributed by atoms with E-state index in [1.807, 2.05) is 31.2 Å². The van der Waals surface area contributed by atoms with E-state index >= 15 is 0 Å². The molecule has 0 unspecified atom stereocenters. The minimum atomic E-state index is -0.261. The van der Waals surface area contributed by atoms with Crippen LogP contribution in [0.2, 0.25) is 0 Å². The van der Waals surface area contributed by atoms with Gasteiger partial charge in [0.25, 0.3) is 5.91 Å². The Bertz CT molecular complexity index is 601. The van der Waals surface area contributed by atoms with Crippen molar-refractivity contribution in [2.45, 2.75) is 6.92 Å². The summed E-state index contributed by atoms with van der Waals surface area (Å²) in [7, 11) is 0. The standard InChI is InChI=1S/C15H16BrN3O2/c1-11-8-13(16)2-3-14(11)18-10-12(9-17)15(20)19-4-6-21-7-5-19/h2-3,8,10,18H,4-7H2,1H3/b12-10-. The molecule has 5 nitrogen and oxygen atoms in total. The van der Waals surface area contributed by atoms with E-state index in [4.69, 9.17) is 4.74 Å².